The maximum absolute atomic E-state index is 12.4. The van der Waals surface area contributed by atoms with E-state index in [9.17, 15) is 35.9 Å². The highest BCUT2D eigenvalue weighted by Crippen LogP contribution is 2.31. The number of carbonyl (C=O) groups excluding carboxylic acids is 2. The summed E-state index contributed by atoms with van der Waals surface area (Å²) in [7, 11) is 1.30. The molecular weight excluding hydrogens is 372 g/mol. The van der Waals surface area contributed by atoms with Crippen LogP contribution in [0.15, 0.2) is 12.1 Å². The maximum Gasteiger partial charge on any atom is 0.491 e. The lowest BCUT2D eigenvalue weighted by Crippen LogP contribution is -2.37. The molecule has 0 heterocycles. The average molecular weight is 387 g/mol. The number of aryl methyl sites for hydroxylation is 1. The summed E-state index contributed by atoms with van der Waals surface area (Å²) in [6.45, 7) is 1.14. The highest BCUT2D eigenvalue weighted by Gasteiger charge is 2.42. The molecule has 0 bridgehead atoms. The van der Waals surface area contributed by atoms with Gasteiger partial charge in [0, 0.05) is 12.1 Å². The van der Waals surface area contributed by atoms with E-state index in [0.29, 0.717) is 12.0 Å². The van der Waals surface area contributed by atoms with Crippen molar-refractivity contribution in [1.29, 1.82) is 0 Å². The average Bonchev–Trinajstić information content (AvgIpc) is 2.53. The zero-order valence-corrected chi connectivity index (χ0v) is 13.7. The molecular formula is C15H15F6NO4. The van der Waals surface area contributed by atoms with Gasteiger partial charge in [-0.1, -0.05) is 6.92 Å². The molecule has 0 spiro atoms. The SMILES string of the molecule is CCc1cc(OC(=O)C(F)(F)F)c(CCNC(=O)C(F)(F)F)cc1OC. The third-order valence-corrected chi connectivity index (χ3v) is 3.22. The number of hydrogen-bond donors (Lipinski definition) is 1. The highest BCUT2D eigenvalue weighted by atomic mass is 19.4. The van der Waals surface area contributed by atoms with E-state index in [1.165, 1.54) is 13.2 Å². The van der Waals surface area contributed by atoms with Crippen LogP contribution in [-0.4, -0.2) is 37.9 Å². The number of carbonyl (C=O) groups is 2. The molecule has 0 radical (unpaired) electrons. The van der Waals surface area contributed by atoms with E-state index in [1.54, 1.807) is 12.2 Å². The number of alkyl halides is 6. The summed E-state index contributed by atoms with van der Waals surface area (Å²) in [5, 5.41) is 1.58. The summed E-state index contributed by atoms with van der Waals surface area (Å²) >= 11 is 0. The lowest BCUT2D eigenvalue weighted by atomic mass is 10.0. The van der Waals surface area contributed by atoms with Crippen molar-refractivity contribution in [3.8, 4) is 11.5 Å². The summed E-state index contributed by atoms with van der Waals surface area (Å²) in [4.78, 5) is 21.8. The number of esters is 1. The van der Waals surface area contributed by atoms with Crippen molar-refractivity contribution in [2.24, 2.45) is 0 Å². The first-order chi connectivity index (χ1) is 11.9. The predicted molar refractivity (Wildman–Crippen MR) is 76.8 cm³/mol. The molecule has 0 aliphatic heterocycles. The zero-order valence-electron chi connectivity index (χ0n) is 13.7. The number of rotatable bonds is 6. The van der Waals surface area contributed by atoms with E-state index in [2.05, 4.69) is 4.74 Å². The fraction of sp³-hybridized carbons (Fsp3) is 0.467. The summed E-state index contributed by atoms with van der Waals surface area (Å²) in [5.74, 6) is -4.86. The van der Waals surface area contributed by atoms with Crippen molar-refractivity contribution in [3.05, 3.63) is 23.3 Å². The fourth-order valence-electron chi connectivity index (χ4n) is 1.97. The van der Waals surface area contributed by atoms with Crippen LogP contribution in [0.4, 0.5) is 26.3 Å². The number of amides is 1. The van der Waals surface area contributed by atoms with Crippen molar-refractivity contribution in [2.45, 2.75) is 32.1 Å². The van der Waals surface area contributed by atoms with Gasteiger partial charge in [0.05, 0.1) is 7.11 Å². The third-order valence-electron chi connectivity index (χ3n) is 3.22. The zero-order chi connectivity index (χ0) is 20.1. The summed E-state index contributed by atoms with van der Waals surface area (Å²) in [6.07, 6.45) is -10.3. The molecule has 0 saturated heterocycles. The largest absolute Gasteiger partial charge is 0.496 e. The Kier molecular flexibility index (Phi) is 6.87. The first kappa shape index (κ1) is 21.6. The van der Waals surface area contributed by atoms with E-state index in [4.69, 9.17) is 4.74 Å². The van der Waals surface area contributed by atoms with Gasteiger partial charge < -0.3 is 14.8 Å². The Bertz CT molecular complexity index is 669. The van der Waals surface area contributed by atoms with Crippen LogP contribution in [0.5, 0.6) is 11.5 Å². The van der Waals surface area contributed by atoms with Crippen LogP contribution in [0.2, 0.25) is 0 Å². The van der Waals surface area contributed by atoms with Gasteiger partial charge in [-0.25, -0.2) is 4.79 Å². The molecule has 1 aromatic carbocycles. The van der Waals surface area contributed by atoms with Gasteiger partial charge >= 0.3 is 24.2 Å². The number of halogens is 6. The highest BCUT2D eigenvalue weighted by molar-refractivity contribution is 5.81. The normalized spacial score (nSPS) is 11.8. The van der Waals surface area contributed by atoms with Crippen LogP contribution in [0.3, 0.4) is 0 Å². The first-order valence-electron chi connectivity index (χ1n) is 7.24. The fourth-order valence-corrected chi connectivity index (χ4v) is 1.97. The van der Waals surface area contributed by atoms with Gasteiger partial charge in [0.15, 0.2) is 0 Å². The summed E-state index contributed by atoms with van der Waals surface area (Å²) < 4.78 is 83.0. The number of nitrogens with one attached hydrogen (secondary N) is 1. The number of hydrogen-bond acceptors (Lipinski definition) is 4. The standard InChI is InChI=1S/C15H15F6NO4/c1-3-8-6-11(26-13(24)15(19,20)21)9(7-10(8)25-2)4-5-22-12(23)14(16,17)18/h6-7H,3-5H2,1-2H3,(H,22,23). The molecule has 26 heavy (non-hydrogen) atoms. The van der Waals surface area contributed by atoms with Gasteiger partial charge in [0.2, 0.25) is 0 Å². The smallest absolute Gasteiger partial charge is 0.491 e. The Balaban J connectivity index is 3.06. The molecule has 0 aliphatic carbocycles. The molecule has 1 N–H and O–H groups in total. The number of ether oxygens (including phenoxy) is 2. The first-order valence-corrected chi connectivity index (χ1v) is 7.24. The van der Waals surface area contributed by atoms with Crippen LogP contribution in [0.1, 0.15) is 18.1 Å². The van der Waals surface area contributed by atoms with E-state index in [1.807, 2.05) is 0 Å². The van der Waals surface area contributed by atoms with E-state index >= 15 is 0 Å². The number of benzene rings is 1. The maximum atomic E-state index is 12.4. The molecule has 0 unspecified atom stereocenters. The van der Waals surface area contributed by atoms with E-state index in [0.717, 1.165) is 6.07 Å². The van der Waals surface area contributed by atoms with Crippen LogP contribution in [-0.2, 0) is 22.4 Å². The molecule has 0 fully saturated rings. The quantitative estimate of drug-likeness (QED) is 0.463. The second-order valence-electron chi connectivity index (χ2n) is 5.02. The Morgan fingerprint density at radius 3 is 2.04 bits per heavy atom. The summed E-state index contributed by atoms with van der Waals surface area (Å²) in [5.41, 5.74) is 0.402. The Morgan fingerprint density at radius 1 is 1.00 bits per heavy atom. The van der Waals surface area contributed by atoms with E-state index < -0.39 is 36.5 Å². The minimum Gasteiger partial charge on any atom is -0.496 e. The molecule has 0 aromatic heterocycles. The van der Waals surface area contributed by atoms with Crippen molar-refractivity contribution < 1.29 is 45.4 Å². The van der Waals surface area contributed by atoms with Gasteiger partial charge in [-0.15, -0.1) is 0 Å². The van der Waals surface area contributed by atoms with Gasteiger partial charge in [-0.2, -0.15) is 26.3 Å². The Hall–Kier alpha value is -2.46. The summed E-state index contributed by atoms with van der Waals surface area (Å²) in [6, 6.07) is 2.39. The molecule has 146 valence electrons. The van der Waals surface area contributed by atoms with Crippen LogP contribution >= 0.6 is 0 Å². The molecule has 1 amide bonds. The third kappa shape index (κ3) is 5.81. The second-order valence-corrected chi connectivity index (χ2v) is 5.02. The molecule has 0 saturated carbocycles. The Labute approximate surface area is 144 Å². The molecule has 1 rings (SSSR count). The van der Waals surface area contributed by atoms with Crippen molar-refractivity contribution >= 4 is 11.9 Å². The molecule has 1 aromatic rings. The predicted octanol–water partition coefficient (Wildman–Crippen LogP) is 2.95. The molecule has 0 atom stereocenters. The van der Waals surface area contributed by atoms with Gasteiger partial charge in [0.1, 0.15) is 11.5 Å². The van der Waals surface area contributed by atoms with Crippen LogP contribution < -0.4 is 14.8 Å². The lowest BCUT2D eigenvalue weighted by Gasteiger charge is -2.16. The van der Waals surface area contributed by atoms with E-state index in [-0.39, 0.29) is 17.7 Å². The minimum atomic E-state index is -5.24. The molecule has 0 aliphatic rings. The topological polar surface area (TPSA) is 64.6 Å². The van der Waals surface area contributed by atoms with Gasteiger partial charge in [-0.3, -0.25) is 4.79 Å². The molecule has 11 heteroatoms. The van der Waals surface area contributed by atoms with Crippen LogP contribution in [0.25, 0.3) is 0 Å². The molecule has 5 nitrogen and oxygen atoms in total. The number of methoxy groups -OCH3 is 1. The van der Waals surface area contributed by atoms with Gasteiger partial charge in [0.25, 0.3) is 0 Å². The lowest BCUT2D eigenvalue weighted by molar-refractivity contribution is -0.189. The van der Waals surface area contributed by atoms with Crippen LogP contribution in [0, 0.1) is 0 Å². The van der Waals surface area contributed by atoms with Gasteiger partial charge in [-0.05, 0) is 30.5 Å². The van der Waals surface area contributed by atoms with Crippen molar-refractivity contribution in [1.82, 2.24) is 5.32 Å². The Morgan fingerprint density at radius 2 is 1.58 bits per heavy atom. The minimum absolute atomic E-state index is 0.0286. The van der Waals surface area contributed by atoms with Crippen molar-refractivity contribution in [2.75, 3.05) is 13.7 Å². The van der Waals surface area contributed by atoms with Crippen molar-refractivity contribution in [3.63, 3.8) is 0 Å². The second kappa shape index (κ2) is 8.28. The monoisotopic (exact) mass is 387 g/mol.